The summed E-state index contributed by atoms with van der Waals surface area (Å²) in [7, 11) is 0. The van der Waals surface area contributed by atoms with Crippen molar-refractivity contribution >= 4 is 28.9 Å². The minimum absolute atomic E-state index is 0.0568. The Labute approximate surface area is 157 Å². The molecule has 2 rings (SSSR count). The molecule has 1 unspecified atom stereocenters. The number of fused-ring (bicyclic) bond motifs is 1. The number of amides is 2. The molecule has 2 amide bonds. The zero-order chi connectivity index (χ0) is 20.0. The van der Waals surface area contributed by atoms with Gasteiger partial charge in [0, 0.05) is 30.1 Å². The number of aromatic amines is 1. The Balaban J connectivity index is 2.12. The number of carbonyl (C=O) groups is 3. The lowest BCUT2D eigenvalue weighted by atomic mass is 9.95. The van der Waals surface area contributed by atoms with Crippen LogP contribution >= 0.6 is 0 Å². The monoisotopic (exact) mass is 375 g/mol. The summed E-state index contributed by atoms with van der Waals surface area (Å²) in [5, 5.41) is 24.0. The highest BCUT2D eigenvalue weighted by atomic mass is 16.4. The van der Waals surface area contributed by atoms with Crippen molar-refractivity contribution in [2.45, 2.75) is 32.7 Å². The van der Waals surface area contributed by atoms with Crippen LogP contribution in [0.3, 0.4) is 0 Å². The lowest BCUT2D eigenvalue weighted by Crippen LogP contribution is -2.47. The topological polar surface area (TPSA) is 132 Å². The maximum Gasteiger partial charge on any atom is 0.404 e. The summed E-state index contributed by atoms with van der Waals surface area (Å²) >= 11 is 0. The standard InChI is InChI=1S/C19H25N3O5/c1-11(2)7-13(10-21-19(26)27)17(23)22-16(18(24)25)8-12-9-20-15-6-4-3-5-14(12)15/h3-6,9,11,13,16,20-21H,7-8,10H2,1-2H3,(H,22,23)(H,24,25)(H,26,27)/t13?,16-/m0/s1. The van der Waals surface area contributed by atoms with Crippen LogP contribution in [0.1, 0.15) is 25.8 Å². The summed E-state index contributed by atoms with van der Waals surface area (Å²) < 4.78 is 0. The van der Waals surface area contributed by atoms with Crippen LogP contribution in [0.25, 0.3) is 10.9 Å². The number of aromatic nitrogens is 1. The van der Waals surface area contributed by atoms with E-state index < -0.39 is 29.9 Å². The normalized spacial score (nSPS) is 13.3. The summed E-state index contributed by atoms with van der Waals surface area (Å²) in [4.78, 5) is 38.1. The second-order valence-corrected chi connectivity index (χ2v) is 6.98. The predicted molar refractivity (Wildman–Crippen MR) is 101 cm³/mol. The molecule has 146 valence electrons. The van der Waals surface area contributed by atoms with Gasteiger partial charge in [-0.25, -0.2) is 9.59 Å². The maximum absolute atomic E-state index is 12.6. The smallest absolute Gasteiger partial charge is 0.404 e. The van der Waals surface area contributed by atoms with Crippen LogP contribution in [0.4, 0.5) is 4.79 Å². The zero-order valence-electron chi connectivity index (χ0n) is 15.4. The van der Waals surface area contributed by atoms with E-state index >= 15 is 0 Å². The van der Waals surface area contributed by atoms with E-state index in [4.69, 9.17) is 5.11 Å². The second kappa shape index (κ2) is 9.07. The molecule has 5 N–H and O–H groups in total. The van der Waals surface area contributed by atoms with Gasteiger partial charge in [0.05, 0.1) is 5.92 Å². The first-order valence-electron chi connectivity index (χ1n) is 8.83. The quantitative estimate of drug-likeness (QED) is 0.458. The van der Waals surface area contributed by atoms with Crippen LogP contribution < -0.4 is 10.6 Å². The average Bonchev–Trinajstić information content (AvgIpc) is 3.00. The van der Waals surface area contributed by atoms with Gasteiger partial charge < -0.3 is 25.8 Å². The van der Waals surface area contributed by atoms with E-state index in [1.54, 1.807) is 6.20 Å². The van der Waals surface area contributed by atoms with Gasteiger partial charge in [-0.2, -0.15) is 0 Å². The van der Waals surface area contributed by atoms with Crippen molar-refractivity contribution < 1.29 is 24.6 Å². The number of para-hydroxylation sites is 1. The number of carboxylic acids is 1. The molecule has 0 spiro atoms. The molecular weight excluding hydrogens is 350 g/mol. The van der Waals surface area contributed by atoms with E-state index in [1.807, 2.05) is 38.1 Å². The number of carboxylic acid groups (broad SMARTS) is 2. The fourth-order valence-corrected chi connectivity index (χ4v) is 3.07. The molecule has 1 aromatic carbocycles. The van der Waals surface area contributed by atoms with Crippen LogP contribution in [0.15, 0.2) is 30.5 Å². The van der Waals surface area contributed by atoms with Crippen molar-refractivity contribution in [2.24, 2.45) is 11.8 Å². The Kier molecular flexibility index (Phi) is 6.81. The van der Waals surface area contributed by atoms with Crippen LogP contribution in [0.2, 0.25) is 0 Å². The molecule has 2 aromatic rings. The van der Waals surface area contributed by atoms with Crippen molar-refractivity contribution in [2.75, 3.05) is 6.54 Å². The van der Waals surface area contributed by atoms with Crippen LogP contribution in [0, 0.1) is 11.8 Å². The Hall–Kier alpha value is -3.03. The molecule has 0 aliphatic rings. The molecule has 0 radical (unpaired) electrons. The van der Waals surface area contributed by atoms with E-state index in [0.717, 1.165) is 16.5 Å². The van der Waals surface area contributed by atoms with Gasteiger partial charge in [-0.05, 0) is 24.0 Å². The number of rotatable bonds is 9. The molecule has 0 fully saturated rings. The highest BCUT2D eigenvalue weighted by molar-refractivity contribution is 5.87. The summed E-state index contributed by atoms with van der Waals surface area (Å²) in [5.41, 5.74) is 1.69. The first-order valence-corrected chi connectivity index (χ1v) is 8.83. The number of hydrogen-bond acceptors (Lipinski definition) is 3. The summed E-state index contributed by atoms with van der Waals surface area (Å²) in [6.07, 6.45) is 1.10. The average molecular weight is 375 g/mol. The molecule has 8 heteroatoms. The lowest BCUT2D eigenvalue weighted by Gasteiger charge is -2.21. The summed E-state index contributed by atoms with van der Waals surface area (Å²) in [5.74, 6) is -2.08. The molecule has 0 bridgehead atoms. The van der Waals surface area contributed by atoms with Gasteiger partial charge >= 0.3 is 12.1 Å². The molecule has 0 aliphatic carbocycles. The van der Waals surface area contributed by atoms with Crippen LogP contribution in [-0.4, -0.2) is 45.8 Å². The lowest BCUT2D eigenvalue weighted by molar-refractivity contribution is -0.142. The molecule has 0 aliphatic heterocycles. The second-order valence-electron chi connectivity index (χ2n) is 6.98. The van der Waals surface area contributed by atoms with Crippen LogP contribution in [-0.2, 0) is 16.0 Å². The van der Waals surface area contributed by atoms with Gasteiger partial charge in [0.2, 0.25) is 5.91 Å². The maximum atomic E-state index is 12.6. The third-order valence-electron chi connectivity index (χ3n) is 4.34. The van der Waals surface area contributed by atoms with Gasteiger partial charge in [0.1, 0.15) is 6.04 Å². The van der Waals surface area contributed by atoms with Crippen molar-refractivity contribution in [3.8, 4) is 0 Å². The minimum Gasteiger partial charge on any atom is -0.480 e. The van der Waals surface area contributed by atoms with Gasteiger partial charge in [-0.3, -0.25) is 4.79 Å². The summed E-state index contributed by atoms with van der Waals surface area (Å²) in [6, 6.07) is 6.43. The first-order chi connectivity index (χ1) is 12.8. The van der Waals surface area contributed by atoms with E-state index in [-0.39, 0.29) is 18.9 Å². The Morgan fingerprint density at radius 1 is 1.15 bits per heavy atom. The predicted octanol–water partition coefficient (Wildman–Crippen LogP) is 2.21. The summed E-state index contributed by atoms with van der Waals surface area (Å²) in [6.45, 7) is 3.78. The number of H-pyrrole nitrogens is 1. The largest absolute Gasteiger partial charge is 0.480 e. The molecule has 0 saturated heterocycles. The van der Waals surface area contributed by atoms with Gasteiger partial charge in [-0.1, -0.05) is 32.0 Å². The van der Waals surface area contributed by atoms with Gasteiger partial charge in [0.15, 0.2) is 0 Å². The Morgan fingerprint density at radius 2 is 1.85 bits per heavy atom. The number of benzene rings is 1. The fourth-order valence-electron chi connectivity index (χ4n) is 3.07. The molecule has 2 atom stereocenters. The Morgan fingerprint density at radius 3 is 2.48 bits per heavy atom. The third kappa shape index (κ3) is 5.73. The molecule has 0 saturated carbocycles. The third-order valence-corrected chi connectivity index (χ3v) is 4.34. The highest BCUT2D eigenvalue weighted by Gasteiger charge is 2.27. The van der Waals surface area contributed by atoms with E-state index in [1.165, 1.54) is 0 Å². The number of hydrogen-bond donors (Lipinski definition) is 5. The van der Waals surface area contributed by atoms with Crippen molar-refractivity contribution in [1.82, 2.24) is 15.6 Å². The highest BCUT2D eigenvalue weighted by Crippen LogP contribution is 2.19. The van der Waals surface area contributed by atoms with Crippen molar-refractivity contribution in [1.29, 1.82) is 0 Å². The van der Waals surface area contributed by atoms with E-state index in [2.05, 4.69) is 15.6 Å². The number of carbonyl (C=O) groups excluding carboxylic acids is 1. The molecular formula is C19H25N3O5. The first kappa shape index (κ1) is 20.3. The molecule has 27 heavy (non-hydrogen) atoms. The Bertz CT molecular complexity index is 815. The zero-order valence-corrected chi connectivity index (χ0v) is 15.4. The molecule has 1 aromatic heterocycles. The van der Waals surface area contributed by atoms with Crippen molar-refractivity contribution in [3.05, 3.63) is 36.0 Å². The molecule has 8 nitrogen and oxygen atoms in total. The van der Waals surface area contributed by atoms with Gasteiger partial charge in [0.25, 0.3) is 0 Å². The van der Waals surface area contributed by atoms with Crippen molar-refractivity contribution in [3.63, 3.8) is 0 Å². The number of nitrogens with one attached hydrogen (secondary N) is 3. The van der Waals surface area contributed by atoms with E-state index in [0.29, 0.717) is 6.42 Å². The molecule has 1 heterocycles. The minimum atomic E-state index is -1.22. The number of aliphatic carboxylic acids is 1. The SMILES string of the molecule is CC(C)CC(CNC(=O)O)C(=O)N[C@@H](Cc1c[nH]c2ccccc12)C(=O)O. The fraction of sp³-hybridized carbons (Fsp3) is 0.421. The van der Waals surface area contributed by atoms with Crippen LogP contribution in [0.5, 0.6) is 0 Å². The van der Waals surface area contributed by atoms with Gasteiger partial charge in [-0.15, -0.1) is 0 Å². The van der Waals surface area contributed by atoms with E-state index in [9.17, 15) is 19.5 Å².